The summed E-state index contributed by atoms with van der Waals surface area (Å²) in [5.41, 5.74) is 1.34. The molecule has 1 aromatic carbocycles. The fourth-order valence-corrected chi connectivity index (χ4v) is 2.04. The van der Waals surface area contributed by atoms with E-state index >= 15 is 0 Å². The summed E-state index contributed by atoms with van der Waals surface area (Å²) in [5, 5.41) is 9.02. The molecule has 0 aromatic heterocycles. The van der Waals surface area contributed by atoms with Crippen LogP contribution < -0.4 is 0 Å². The van der Waals surface area contributed by atoms with Gasteiger partial charge in [-0.3, -0.25) is 4.90 Å². The first-order chi connectivity index (χ1) is 7.33. The average molecular weight is 207 g/mol. The Hall–Kier alpha value is -0.860. The van der Waals surface area contributed by atoms with Crippen molar-refractivity contribution in [3.05, 3.63) is 35.9 Å². The molecule has 0 saturated heterocycles. The van der Waals surface area contributed by atoms with Crippen LogP contribution in [0.15, 0.2) is 30.3 Å². The summed E-state index contributed by atoms with van der Waals surface area (Å²) in [6.07, 6.45) is 1.08. The van der Waals surface area contributed by atoms with E-state index in [-0.39, 0.29) is 6.61 Å². The molecular formula is C13H21NO. The molecule has 1 aromatic rings. The Bertz CT molecular complexity index is 260. The van der Waals surface area contributed by atoms with Gasteiger partial charge in [-0.1, -0.05) is 44.2 Å². The first-order valence-electron chi connectivity index (χ1n) is 5.73. The van der Waals surface area contributed by atoms with E-state index in [0.29, 0.717) is 6.04 Å². The Labute approximate surface area is 92.5 Å². The molecular weight excluding hydrogens is 186 g/mol. The van der Waals surface area contributed by atoms with E-state index in [1.807, 2.05) is 6.07 Å². The van der Waals surface area contributed by atoms with Crippen LogP contribution in [-0.4, -0.2) is 29.7 Å². The largest absolute Gasteiger partial charge is 0.395 e. The van der Waals surface area contributed by atoms with E-state index in [9.17, 15) is 0 Å². The first kappa shape index (κ1) is 12.2. The second-order valence-electron chi connectivity index (χ2n) is 3.69. The van der Waals surface area contributed by atoms with Crippen LogP contribution in [0.25, 0.3) is 0 Å². The van der Waals surface area contributed by atoms with Crippen LogP contribution in [0.3, 0.4) is 0 Å². The first-order valence-corrected chi connectivity index (χ1v) is 5.73. The molecule has 0 heterocycles. The van der Waals surface area contributed by atoms with Gasteiger partial charge in [-0.05, 0) is 18.5 Å². The second-order valence-corrected chi connectivity index (χ2v) is 3.69. The molecule has 1 N–H and O–H groups in total. The summed E-state index contributed by atoms with van der Waals surface area (Å²) in [7, 11) is 0. The highest BCUT2D eigenvalue weighted by atomic mass is 16.3. The lowest BCUT2D eigenvalue weighted by molar-refractivity contribution is 0.153. The van der Waals surface area contributed by atoms with Gasteiger partial charge in [0.25, 0.3) is 0 Å². The third kappa shape index (κ3) is 3.33. The van der Waals surface area contributed by atoms with Gasteiger partial charge < -0.3 is 5.11 Å². The molecule has 2 heteroatoms. The van der Waals surface area contributed by atoms with Crippen molar-refractivity contribution in [1.82, 2.24) is 4.90 Å². The van der Waals surface area contributed by atoms with E-state index in [0.717, 1.165) is 19.5 Å². The number of nitrogens with zero attached hydrogens (tertiary/aromatic N) is 1. The van der Waals surface area contributed by atoms with Crippen molar-refractivity contribution < 1.29 is 5.11 Å². The maximum absolute atomic E-state index is 9.02. The molecule has 1 rings (SSSR count). The molecule has 15 heavy (non-hydrogen) atoms. The number of hydrogen-bond acceptors (Lipinski definition) is 2. The SMILES string of the molecule is CCC(c1ccccc1)N(CC)CCO. The number of aliphatic hydroxyl groups is 1. The van der Waals surface area contributed by atoms with E-state index in [1.165, 1.54) is 5.56 Å². The van der Waals surface area contributed by atoms with Crippen molar-refractivity contribution in [3.63, 3.8) is 0 Å². The number of likely N-dealkylation sites (N-methyl/N-ethyl adjacent to an activating group) is 1. The fraction of sp³-hybridized carbons (Fsp3) is 0.538. The molecule has 1 unspecified atom stereocenters. The predicted octanol–water partition coefficient (Wildman–Crippen LogP) is 2.45. The van der Waals surface area contributed by atoms with Crippen LogP contribution in [0.2, 0.25) is 0 Å². The number of rotatable bonds is 6. The topological polar surface area (TPSA) is 23.5 Å². The highest BCUT2D eigenvalue weighted by molar-refractivity contribution is 5.18. The molecule has 0 radical (unpaired) electrons. The van der Waals surface area contributed by atoms with Gasteiger partial charge in [0.15, 0.2) is 0 Å². The van der Waals surface area contributed by atoms with Crippen molar-refractivity contribution >= 4 is 0 Å². The third-order valence-electron chi connectivity index (χ3n) is 2.81. The van der Waals surface area contributed by atoms with Crippen molar-refractivity contribution in [2.24, 2.45) is 0 Å². The van der Waals surface area contributed by atoms with Gasteiger partial charge in [-0.2, -0.15) is 0 Å². The minimum absolute atomic E-state index is 0.233. The highest BCUT2D eigenvalue weighted by Crippen LogP contribution is 2.23. The zero-order valence-corrected chi connectivity index (χ0v) is 9.69. The minimum Gasteiger partial charge on any atom is -0.395 e. The summed E-state index contributed by atoms with van der Waals surface area (Å²) < 4.78 is 0. The number of hydrogen-bond donors (Lipinski definition) is 1. The van der Waals surface area contributed by atoms with Gasteiger partial charge >= 0.3 is 0 Å². The van der Waals surface area contributed by atoms with E-state index < -0.39 is 0 Å². The summed E-state index contributed by atoms with van der Waals surface area (Å²) >= 11 is 0. The average Bonchev–Trinajstić information content (AvgIpc) is 2.30. The lowest BCUT2D eigenvalue weighted by Gasteiger charge is -2.29. The summed E-state index contributed by atoms with van der Waals surface area (Å²) in [6, 6.07) is 10.9. The quantitative estimate of drug-likeness (QED) is 0.774. The molecule has 0 fully saturated rings. The third-order valence-corrected chi connectivity index (χ3v) is 2.81. The molecule has 1 atom stereocenters. The fourth-order valence-electron chi connectivity index (χ4n) is 2.04. The van der Waals surface area contributed by atoms with Crippen molar-refractivity contribution in [2.75, 3.05) is 19.7 Å². The van der Waals surface area contributed by atoms with E-state index in [2.05, 4.69) is 43.0 Å². The maximum Gasteiger partial charge on any atom is 0.0558 e. The summed E-state index contributed by atoms with van der Waals surface area (Å²) in [4.78, 5) is 2.31. The van der Waals surface area contributed by atoms with Gasteiger partial charge in [0, 0.05) is 12.6 Å². The molecule has 0 aliphatic heterocycles. The van der Waals surface area contributed by atoms with E-state index in [1.54, 1.807) is 0 Å². The van der Waals surface area contributed by atoms with Crippen molar-refractivity contribution in [1.29, 1.82) is 0 Å². The van der Waals surface area contributed by atoms with Crippen molar-refractivity contribution in [2.45, 2.75) is 26.3 Å². The van der Waals surface area contributed by atoms with Crippen molar-refractivity contribution in [3.8, 4) is 0 Å². The highest BCUT2D eigenvalue weighted by Gasteiger charge is 2.15. The number of benzene rings is 1. The Morgan fingerprint density at radius 2 is 1.87 bits per heavy atom. The molecule has 0 saturated carbocycles. The maximum atomic E-state index is 9.02. The summed E-state index contributed by atoms with van der Waals surface area (Å²) in [5.74, 6) is 0. The lowest BCUT2D eigenvalue weighted by atomic mass is 10.0. The second kappa shape index (κ2) is 6.59. The summed E-state index contributed by atoms with van der Waals surface area (Å²) in [6.45, 7) is 6.30. The number of aliphatic hydroxyl groups excluding tert-OH is 1. The monoisotopic (exact) mass is 207 g/mol. The molecule has 0 bridgehead atoms. The van der Waals surface area contributed by atoms with Crippen LogP contribution >= 0.6 is 0 Å². The molecule has 0 amide bonds. The Morgan fingerprint density at radius 1 is 1.20 bits per heavy atom. The van der Waals surface area contributed by atoms with Gasteiger partial charge in [0.1, 0.15) is 0 Å². The Balaban J connectivity index is 2.77. The van der Waals surface area contributed by atoms with Gasteiger partial charge in [-0.25, -0.2) is 0 Å². The zero-order valence-electron chi connectivity index (χ0n) is 9.69. The van der Waals surface area contributed by atoms with Gasteiger partial charge in [-0.15, -0.1) is 0 Å². The molecule has 0 aliphatic carbocycles. The Kier molecular flexibility index (Phi) is 5.37. The van der Waals surface area contributed by atoms with Crippen LogP contribution in [0.5, 0.6) is 0 Å². The van der Waals surface area contributed by atoms with Gasteiger partial charge in [0.2, 0.25) is 0 Å². The molecule has 0 aliphatic rings. The predicted molar refractivity (Wildman–Crippen MR) is 63.8 cm³/mol. The molecule has 2 nitrogen and oxygen atoms in total. The standard InChI is InChI=1S/C13H21NO/c1-3-13(14(4-2)10-11-15)12-8-6-5-7-9-12/h5-9,13,15H,3-4,10-11H2,1-2H3. The van der Waals surface area contributed by atoms with Crippen LogP contribution in [0, 0.1) is 0 Å². The van der Waals surface area contributed by atoms with Crippen LogP contribution in [0.1, 0.15) is 31.9 Å². The normalized spacial score (nSPS) is 13.1. The van der Waals surface area contributed by atoms with Crippen LogP contribution in [0.4, 0.5) is 0 Å². The Morgan fingerprint density at radius 3 is 2.33 bits per heavy atom. The molecule has 0 spiro atoms. The van der Waals surface area contributed by atoms with Gasteiger partial charge in [0.05, 0.1) is 6.61 Å². The van der Waals surface area contributed by atoms with Crippen LogP contribution in [-0.2, 0) is 0 Å². The zero-order chi connectivity index (χ0) is 11.1. The molecule has 84 valence electrons. The minimum atomic E-state index is 0.233. The van der Waals surface area contributed by atoms with E-state index in [4.69, 9.17) is 5.11 Å². The lowest BCUT2D eigenvalue weighted by Crippen LogP contribution is -2.31. The smallest absolute Gasteiger partial charge is 0.0558 e.